The predicted molar refractivity (Wildman–Crippen MR) is 84.1 cm³/mol. The Bertz CT molecular complexity index is 794. The molecular formula is C15H11F3N2O3S. The number of hydrogen-bond donors (Lipinski definition) is 1. The van der Waals surface area contributed by atoms with Crippen LogP contribution in [0.4, 0.5) is 24.5 Å². The molecule has 0 aliphatic heterocycles. The van der Waals surface area contributed by atoms with Gasteiger partial charge in [-0.3, -0.25) is 14.9 Å². The molecule has 0 aromatic heterocycles. The number of halogens is 3. The number of nitro benzene ring substituents is 1. The zero-order chi connectivity index (χ0) is 17.9. The third-order valence-corrected chi connectivity index (χ3v) is 3.71. The first-order valence-corrected chi connectivity index (χ1v) is 7.39. The van der Waals surface area contributed by atoms with Crippen LogP contribution in [0.1, 0.15) is 15.9 Å². The van der Waals surface area contributed by atoms with Crippen molar-refractivity contribution in [3.8, 4) is 0 Å². The van der Waals surface area contributed by atoms with Crippen LogP contribution in [-0.4, -0.2) is 16.3 Å². The van der Waals surface area contributed by atoms with Crippen molar-refractivity contribution in [1.82, 2.24) is 0 Å². The number of nitrogens with zero attached hydrogens (tertiary/aromatic N) is 1. The molecule has 0 heterocycles. The van der Waals surface area contributed by atoms with Gasteiger partial charge in [-0.2, -0.15) is 13.2 Å². The molecule has 24 heavy (non-hydrogen) atoms. The summed E-state index contributed by atoms with van der Waals surface area (Å²) >= 11 is -0.322. The van der Waals surface area contributed by atoms with Crippen molar-refractivity contribution in [3.63, 3.8) is 0 Å². The Balaban J connectivity index is 2.20. The number of nitrogens with one attached hydrogen (secondary N) is 1. The molecule has 2 aromatic carbocycles. The Morgan fingerprint density at radius 1 is 1.21 bits per heavy atom. The molecule has 1 amide bonds. The second-order valence-electron chi connectivity index (χ2n) is 4.79. The normalized spacial score (nSPS) is 11.2. The molecule has 0 saturated carbocycles. The summed E-state index contributed by atoms with van der Waals surface area (Å²) in [6.07, 6.45) is 0. The van der Waals surface area contributed by atoms with Gasteiger partial charge in [0.1, 0.15) is 0 Å². The Kier molecular flexibility index (Phi) is 5.13. The summed E-state index contributed by atoms with van der Waals surface area (Å²) in [4.78, 5) is 22.3. The number of aryl methyl sites for hydroxylation is 1. The number of rotatable bonds is 4. The maximum absolute atomic E-state index is 12.4. The third-order valence-electron chi connectivity index (χ3n) is 2.99. The first kappa shape index (κ1) is 17.8. The summed E-state index contributed by atoms with van der Waals surface area (Å²) in [5, 5.41) is 13.3. The third kappa shape index (κ3) is 4.72. The zero-order valence-electron chi connectivity index (χ0n) is 12.3. The molecule has 0 atom stereocenters. The zero-order valence-corrected chi connectivity index (χ0v) is 13.1. The van der Waals surface area contributed by atoms with Gasteiger partial charge in [0.2, 0.25) is 0 Å². The fourth-order valence-electron chi connectivity index (χ4n) is 1.92. The predicted octanol–water partition coefficient (Wildman–Crippen LogP) is 4.77. The topological polar surface area (TPSA) is 72.2 Å². The van der Waals surface area contributed by atoms with Gasteiger partial charge in [0, 0.05) is 27.8 Å². The summed E-state index contributed by atoms with van der Waals surface area (Å²) in [6, 6.07) is 9.19. The Hall–Kier alpha value is -2.55. The fraction of sp³-hybridized carbons (Fsp3) is 0.133. The number of hydrogen-bond acceptors (Lipinski definition) is 4. The van der Waals surface area contributed by atoms with Gasteiger partial charge in [-0.25, -0.2) is 0 Å². The van der Waals surface area contributed by atoms with Gasteiger partial charge in [-0.1, -0.05) is 12.1 Å². The maximum atomic E-state index is 12.4. The number of nitro groups is 1. The van der Waals surface area contributed by atoms with E-state index < -0.39 is 16.3 Å². The summed E-state index contributed by atoms with van der Waals surface area (Å²) in [5.74, 6) is -0.655. The number of amides is 1. The standard InChI is InChI=1S/C15H11F3N2O3S/c1-9-5-6-11(8-13(9)20(22)23)19-14(21)10-3-2-4-12(7-10)24-15(16,17)18/h2-8H,1H3,(H,19,21). The number of thioether (sulfide) groups is 1. The van der Waals surface area contributed by atoms with Gasteiger partial charge < -0.3 is 5.32 Å². The lowest BCUT2D eigenvalue weighted by Crippen LogP contribution is -2.12. The highest BCUT2D eigenvalue weighted by Crippen LogP contribution is 2.37. The molecule has 9 heteroatoms. The van der Waals surface area contributed by atoms with E-state index >= 15 is 0 Å². The van der Waals surface area contributed by atoms with Crippen LogP contribution in [0.15, 0.2) is 47.4 Å². The van der Waals surface area contributed by atoms with Crippen molar-refractivity contribution in [2.75, 3.05) is 5.32 Å². The van der Waals surface area contributed by atoms with Gasteiger partial charge in [0.05, 0.1) is 4.92 Å². The minimum Gasteiger partial charge on any atom is -0.322 e. The first-order chi connectivity index (χ1) is 11.2. The van der Waals surface area contributed by atoms with Crippen LogP contribution in [0.3, 0.4) is 0 Å². The van der Waals surface area contributed by atoms with Crippen LogP contribution in [0.5, 0.6) is 0 Å². The number of alkyl halides is 3. The van der Waals surface area contributed by atoms with E-state index in [-0.39, 0.29) is 33.6 Å². The molecule has 126 valence electrons. The van der Waals surface area contributed by atoms with Gasteiger partial charge in [-0.05, 0) is 43.0 Å². The lowest BCUT2D eigenvalue weighted by molar-refractivity contribution is -0.385. The van der Waals surface area contributed by atoms with Crippen molar-refractivity contribution in [3.05, 3.63) is 63.7 Å². The molecule has 0 saturated heterocycles. The molecule has 0 fully saturated rings. The average Bonchev–Trinajstić information content (AvgIpc) is 2.47. The van der Waals surface area contributed by atoms with Crippen LogP contribution >= 0.6 is 11.8 Å². The highest BCUT2D eigenvalue weighted by molar-refractivity contribution is 8.00. The van der Waals surface area contributed by atoms with Crippen LogP contribution in [0.25, 0.3) is 0 Å². The summed E-state index contributed by atoms with van der Waals surface area (Å²) in [5.41, 5.74) is -3.97. The average molecular weight is 356 g/mol. The summed E-state index contributed by atoms with van der Waals surface area (Å²) in [7, 11) is 0. The minimum atomic E-state index is -4.45. The molecule has 2 rings (SSSR count). The Morgan fingerprint density at radius 3 is 2.54 bits per heavy atom. The minimum absolute atomic E-state index is 0.0208. The van der Waals surface area contributed by atoms with E-state index in [4.69, 9.17) is 0 Å². The van der Waals surface area contributed by atoms with E-state index in [9.17, 15) is 28.1 Å². The van der Waals surface area contributed by atoms with Crippen molar-refractivity contribution in [2.45, 2.75) is 17.3 Å². The van der Waals surface area contributed by atoms with Crippen molar-refractivity contribution < 1.29 is 22.9 Å². The number of carbonyl (C=O) groups excluding carboxylic acids is 1. The highest BCUT2D eigenvalue weighted by atomic mass is 32.2. The SMILES string of the molecule is Cc1ccc(NC(=O)c2cccc(SC(F)(F)F)c2)cc1[N+](=O)[O-]. The van der Waals surface area contributed by atoms with E-state index in [1.165, 1.54) is 36.4 Å². The van der Waals surface area contributed by atoms with E-state index in [1.54, 1.807) is 6.92 Å². The van der Waals surface area contributed by atoms with E-state index in [2.05, 4.69) is 5.32 Å². The van der Waals surface area contributed by atoms with Gasteiger partial charge in [0.15, 0.2) is 0 Å². The van der Waals surface area contributed by atoms with E-state index in [1.807, 2.05) is 0 Å². The molecule has 5 nitrogen and oxygen atoms in total. The Morgan fingerprint density at radius 2 is 1.92 bits per heavy atom. The van der Waals surface area contributed by atoms with Crippen molar-refractivity contribution in [2.24, 2.45) is 0 Å². The quantitative estimate of drug-likeness (QED) is 0.487. The van der Waals surface area contributed by atoms with Gasteiger partial charge in [-0.15, -0.1) is 0 Å². The lowest BCUT2D eigenvalue weighted by Gasteiger charge is -2.09. The second kappa shape index (κ2) is 6.91. The largest absolute Gasteiger partial charge is 0.446 e. The number of carbonyl (C=O) groups is 1. The highest BCUT2D eigenvalue weighted by Gasteiger charge is 2.29. The molecule has 0 spiro atoms. The monoisotopic (exact) mass is 356 g/mol. The fourth-order valence-corrected chi connectivity index (χ4v) is 2.52. The second-order valence-corrected chi connectivity index (χ2v) is 5.93. The molecule has 0 aliphatic rings. The number of anilines is 1. The molecule has 0 unspecified atom stereocenters. The van der Waals surface area contributed by atoms with Crippen LogP contribution in [0.2, 0.25) is 0 Å². The number of benzene rings is 2. The summed E-state index contributed by atoms with van der Waals surface area (Å²) in [6.45, 7) is 1.56. The molecule has 1 N–H and O–H groups in total. The summed E-state index contributed by atoms with van der Waals surface area (Å²) < 4.78 is 37.1. The molecule has 0 aliphatic carbocycles. The van der Waals surface area contributed by atoms with Crippen LogP contribution in [-0.2, 0) is 0 Å². The maximum Gasteiger partial charge on any atom is 0.446 e. The molecule has 2 aromatic rings. The van der Waals surface area contributed by atoms with E-state index in [0.29, 0.717) is 5.56 Å². The van der Waals surface area contributed by atoms with Gasteiger partial charge >= 0.3 is 5.51 Å². The molecule has 0 radical (unpaired) electrons. The van der Waals surface area contributed by atoms with Crippen LogP contribution < -0.4 is 5.32 Å². The van der Waals surface area contributed by atoms with E-state index in [0.717, 1.165) is 6.07 Å². The first-order valence-electron chi connectivity index (χ1n) is 6.58. The smallest absolute Gasteiger partial charge is 0.322 e. The molecule has 0 bridgehead atoms. The van der Waals surface area contributed by atoms with Gasteiger partial charge in [0.25, 0.3) is 11.6 Å². The lowest BCUT2D eigenvalue weighted by atomic mass is 10.1. The van der Waals surface area contributed by atoms with Crippen LogP contribution in [0, 0.1) is 17.0 Å². The van der Waals surface area contributed by atoms with Crippen molar-refractivity contribution in [1.29, 1.82) is 0 Å². The Labute approximate surface area is 139 Å². The molecular weight excluding hydrogens is 345 g/mol. The van der Waals surface area contributed by atoms with Crippen molar-refractivity contribution >= 4 is 29.0 Å².